The molecule has 0 spiro atoms. The average Bonchev–Trinajstić information content (AvgIpc) is 2.81. The summed E-state index contributed by atoms with van der Waals surface area (Å²) in [5, 5.41) is 0. The van der Waals surface area contributed by atoms with Gasteiger partial charge < -0.3 is 0 Å². The predicted molar refractivity (Wildman–Crippen MR) is 192 cm³/mol. The number of unbranched alkanes of at least 4 members (excludes halogenated alkanes) is 6. The molecule has 0 nitrogen and oxygen atoms in total. The van der Waals surface area contributed by atoms with E-state index in [2.05, 4.69) is 125 Å². The van der Waals surface area contributed by atoms with E-state index in [1.54, 1.807) is 0 Å². The standard InChI is InChI=1S/C9H20.C8H18.C7H16.C6H14.C5H12.C4H10/c1-4-5-6-7-8-9(2)3;1-4-5-6-7-8(2)3;1-4-5-6-7(2)3;1-4-5-6(2)3;1-4-5(2)3;1-4(2)3/h9H,4-8H2,1-3H3;8H,4-7H2,1-3H3;7H,4-6H2,1-3H3;6H,4-5H2,1-3H3;5H,4H2,1-3H3;4H,1-3H3. The first-order valence-electron chi connectivity index (χ1n) is 18.1. The Morgan fingerprint density at radius 1 is 0.282 bits per heavy atom. The molecule has 0 heteroatoms. The van der Waals surface area contributed by atoms with Crippen molar-refractivity contribution in [3.63, 3.8) is 0 Å². The molecule has 0 aromatic heterocycles. The molecule has 0 aliphatic heterocycles. The van der Waals surface area contributed by atoms with Gasteiger partial charge in [0.05, 0.1) is 0 Å². The van der Waals surface area contributed by atoms with Crippen LogP contribution in [0.25, 0.3) is 0 Å². The highest BCUT2D eigenvalue weighted by Crippen LogP contribution is 2.09. The van der Waals surface area contributed by atoms with E-state index in [0.717, 1.165) is 35.5 Å². The van der Waals surface area contributed by atoms with Crippen molar-refractivity contribution in [2.45, 2.75) is 221 Å². The fraction of sp³-hybridized carbons (Fsp3) is 1.00. The lowest BCUT2D eigenvalue weighted by molar-refractivity contribution is 0.525. The van der Waals surface area contributed by atoms with Gasteiger partial charge in [0, 0.05) is 0 Å². The minimum atomic E-state index is 0.833. The van der Waals surface area contributed by atoms with Crippen LogP contribution >= 0.6 is 0 Å². The maximum absolute atomic E-state index is 2.30. The van der Waals surface area contributed by atoms with Gasteiger partial charge in [-0.25, -0.2) is 0 Å². The van der Waals surface area contributed by atoms with Crippen LogP contribution in [0.2, 0.25) is 0 Å². The fourth-order valence-corrected chi connectivity index (χ4v) is 2.97. The normalized spacial score (nSPS) is 10.2. The molecule has 0 heterocycles. The molecule has 0 rings (SSSR count). The Balaban J connectivity index is -0.0000000854. The summed E-state index contributed by atoms with van der Waals surface area (Å²) in [6.07, 6.45) is 20.8. The van der Waals surface area contributed by atoms with Gasteiger partial charge in [0.1, 0.15) is 0 Å². The van der Waals surface area contributed by atoms with Gasteiger partial charge in [-0.15, -0.1) is 0 Å². The van der Waals surface area contributed by atoms with E-state index in [-0.39, 0.29) is 0 Å². The Kier molecular flexibility index (Phi) is 63.3. The summed E-state index contributed by atoms with van der Waals surface area (Å²) >= 11 is 0. The Hall–Kier alpha value is 0. The molecule has 0 unspecified atom stereocenters. The van der Waals surface area contributed by atoms with Crippen LogP contribution in [0.15, 0.2) is 0 Å². The highest BCUT2D eigenvalue weighted by molar-refractivity contribution is 4.46. The van der Waals surface area contributed by atoms with Gasteiger partial charge in [0.25, 0.3) is 0 Å². The minimum Gasteiger partial charge on any atom is -0.0654 e. The van der Waals surface area contributed by atoms with Gasteiger partial charge in [-0.3, -0.25) is 0 Å². The van der Waals surface area contributed by atoms with E-state index in [4.69, 9.17) is 0 Å². The molecular weight excluding hydrogens is 468 g/mol. The molecule has 0 saturated heterocycles. The summed E-state index contributed by atoms with van der Waals surface area (Å²) in [5.74, 6) is 5.33. The predicted octanol–water partition coefficient (Wildman–Crippen LogP) is 15.8. The van der Waals surface area contributed by atoms with Crippen LogP contribution in [0.3, 0.4) is 0 Å². The zero-order valence-electron chi connectivity index (χ0n) is 32.1. The van der Waals surface area contributed by atoms with Crippen molar-refractivity contribution in [3.05, 3.63) is 0 Å². The summed E-state index contributed by atoms with van der Waals surface area (Å²) in [4.78, 5) is 0. The lowest BCUT2D eigenvalue weighted by Gasteiger charge is -2.01. The van der Waals surface area contributed by atoms with Gasteiger partial charge in [0.2, 0.25) is 0 Å². The van der Waals surface area contributed by atoms with Crippen LogP contribution < -0.4 is 0 Å². The molecule has 246 valence electrons. The van der Waals surface area contributed by atoms with Gasteiger partial charge >= 0.3 is 0 Å². The van der Waals surface area contributed by atoms with E-state index in [0.29, 0.717) is 0 Å². The Labute approximate surface area is 256 Å². The molecule has 0 aromatic rings. The third-order valence-electron chi connectivity index (χ3n) is 5.84. The Bertz CT molecular complexity index is 318. The first kappa shape index (κ1) is 51.7. The highest BCUT2D eigenvalue weighted by Gasteiger charge is 1.92. The van der Waals surface area contributed by atoms with E-state index in [1.165, 1.54) is 96.3 Å². The van der Waals surface area contributed by atoms with Crippen LogP contribution in [-0.2, 0) is 0 Å². The molecule has 0 radical (unpaired) electrons. The molecule has 0 fully saturated rings. The summed E-state index contributed by atoms with van der Waals surface area (Å²) in [6.45, 7) is 40.3. The Morgan fingerprint density at radius 3 is 0.718 bits per heavy atom. The SMILES string of the molecule is CC(C)C.CCC(C)C.CCCC(C)C.CCCCC(C)C.CCCCCC(C)C.CCCCCCC(C)C. The van der Waals surface area contributed by atoms with Crippen LogP contribution in [0.1, 0.15) is 221 Å². The molecule has 0 atom stereocenters. The van der Waals surface area contributed by atoms with E-state index >= 15 is 0 Å². The number of hydrogen-bond acceptors (Lipinski definition) is 0. The van der Waals surface area contributed by atoms with Crippen molar-refractivity contribution in [2.24, 2.45) is 35.5 Å². The number of rotatable bonds is 15. The molecule has 39 heavy (non-hydrogen) atoms. The molecule has 0 aliphatic rings. The fourth-order valence-electron chi connectivity index (χ4n) is 2.97. The molecule has 0 amide bonds. The zero-order valence-corrected chi connectivity index (χ0v) is 32.1. The monoisotopic (exact) mass is 559 g/mol. The molecular formula is C39H90. The van der Waals surface area contributed by atoms with Crippen molar-refractivity contribution >= 4 is 0 Å². The first-order valence-corrected chi connectivity index (χ1v) is 18.1. The molecule has 0 bridgehead atoms. The summed E-state index contributed by atoms with van der Waals surface area (Å²) in [6, 6.07) is 0. The van der Waals surface area contributed by atoms with Crippen molar-refractivity contribution in [1.82, 2.24) is 0 Å². The van der Waals surface area contributed by atoms with Gasteiger partial charge in [-0.1, -0.05) is 221 Å². The second-order valence-electron chi connectivity index (χ2n) is 14.4. The summed E-state index contributed by atoms with van der Waals surface area (Å²) in [5.41, 5.74) is 0. The average molecular weight is 559 g/mol. The lowest BCUT2D eigenvalue weighted by atomic mass is 10.1. The third-order valence-corrected chi connectivity index (χ3v) is 5.84. The smallest absolute Gasteiger partial charge is 0.0471 e. The van der Waals surface area contributed by atoms with Gasteiger partial charge in [-0.2, -0.15) is 0 Å². The van der Waals surface area contributed by atoms with Gasteiger partial charge in [0.15, 0.2) is 0 Å². The van der Waals surface area contributed by atoms with E-state index < -0.39 is 0 Å². The van der Waals surface area contributed by atoms with Crippen molar-refractivity contribution in [2.75, 3.05) is 0 Å². The lowest BCUT2D eigenvalue weighted by Crippen LogP contribution is -1.86. The van der Waals surface area contributed by atoms with Crippen molar-refractivity contribution in [1.29, 1.82) is 0 Å². The van der Waals surface area contributed by atoms with Crippen LogP contribution in [0, 0.1) is 35.5 Å². The van der Waals surface area contributed by atoms with Crippen LogP contribution in [0.5, 0.6) is 0 Å². The van der Waals surface area contributed by atoms with Gasteiger partial charge in [-0.05, 0) is 35.5 Å². The molecule has 0 N–H and O–H groups in total. The largest absolute Gasteiger partial charge is 0.0654 e. The van der Waals surface area contributed by atoms with E-state index in [1.807, 2.05) is 0 Å². The topological polar surface area (TPSA) is 0 Å². The molecule has 0 aromatic carbocycles. The Morgan fingerprint density at radius 2 is 0.538 bits per heavy atom. The van der Waals surface area contributed by atoms with Crippen molar-refractivity contribution in [3.8, 4) is 0 Å². The van der Waals surface area contributed by atoms with Crippen LogP contribution in [0.4, 0.5) is 0 Å². The quantitative estimate of drug-likeness (QED) is 0.175. The number of hydrogen-bond donors (Lipinski definition) is 0. The maximum Gasteiger partial charge on any atom is -0.0471 e. The molecule has 0 saturated carbocycles. The maximum atomic E-state index is 2.30. The summed E-state index contributed by atoms with van der Waals surface area (Å²) in [7, 11) is 0. The second-order valence-corrected chi connectivity index (χ2v) is 14.4. The molecule has 0 aliphatic carbocycles. The third kappa shape index (κ3) is 123. The van der Waals surface area contributed by atoms with Crippen LogP contribution in [-0.4, -0.2) is 0 Å². The zero-order chi connectivity index (χ0) is 32.1. The van der Waals surface area contributed by atoms with E-state index in [9.17, 15) is 0 Å². The van der Waals surface area contributed by atoms with Crippen molar-refractivity contribution < 1.29 is 0 Å². The summed E-state index contributed by atoms with van der Waals surface area (Å²) < 4.78 is 0. The highest BCUT2D eigenvalue weighted by atomic mass is 14.0. The minimum absolute atomic E-state index is 0.833. The first-order chi connectivity index (χ1) is 18.1. The second kappa shape index (κ2) is 47.8.